The molecule has 0 radical (unpaired) electrons. The molecule has 0 aliphatic heterocycles. The maximum absolute atomic E-state index is 10.3. The molecular weight excluding hydrogens is 260 g/mol. The van der Waals surface area contributed by atoms with Crippen LogP contribution < -0.4 is 0 Å². The molecule has 0 amide bonds. The number of hydrogen-bond donors (Lipinski definition) is 1. The summed E-state index contributed by atoms with van der Waals surface area (Å²) in [6.07, 6.45) is 0.920. The molecule has 102 valence electrons. The first kappa shape index (κ1) is 14.1. The van der Waals surface area contributed by atoms with E-state index in [1.165, 1.54) is 5.56 Å². The van der Waals surface area contributed by atoms with Crippen molar-refractivity contribution in [1.82, 2.24) is 9.78 Å². The van der Waals surface area contributed by atoms with Crippen LogP contribution in [-0.4, -0.2) is 14.9 Å². The molecule has 0 aliphatic carbocycles. The summed E-state index contributed by atoms with van der Waals surface area (Å²) >= 11 is 6.20. The molecule has 0 spiro atoms. The summed E-state index contributed by atoms with van der Waals surface area (Å²) in [4.78, 5) is 0. The molecule has 1 heterocycles. The minimum absolute atomic E-state index is 0.474. The zero-order valence-corrected chi connectivity index (χ0v) is 12.3. The van der Waals surface area contributed by atoms with Crippen LogP contribution in [0.5, 0.6) is 0 Å². The Kier molecular flexibility index (Phi) is 4.27. The van der Waals surface area contributed by atoms with Crippen LogP contribution in [-0.2, 0) is 19.9 Å². The van der Waals surface area contributed by atoms with Crippen LogP contribution in [0.2, 0.25) is 5.02 Å². The molecule has 0 aliphatic rings. The lowest BCUT2D eigenvalue weighted by atomic mass is 10.0. The Bertz CT molecular complexity index is 560. The third-order valence-electron chi connectivity index (χ3n) is 3.42. The highest BCUT2D eigenvalue weighted by Crippen LogP contribution is 2.25. The predicted molar refractivity (Wildman–Crippen MR) is 77.4 cm³/mol. The van der Waals surface area contributed by atoms with Gasteiger partial charge in [-0.05, 0) is 24.5 Å². The minimum Gasteiger partial charge on any atom is -0.388 e. The first-order valence-electron chi connectivity index (χ1n) is 6.47. The first-order valence-corrected chi connectivity index (χ1v) is 6.85. The molecular formula is C15H19ClN2O. The van der Waals surface area contributed by atoms with E-state index in [9.17, 15) is 5.11 Å². The van der Waals surface area contributed by atoms with Gasteiger partial charge in [0.05, 0.1) is 22.5 Å². The number of hydrogen-bond acceptors (Lipinski definition) is 2. The van der Waals surface area contributed by atoms with Crippen molar-refractivity contribution in [1.29, 1.82) is 0 Å². The standard InChI is InChI=1S/C15H19ClN2O/c1-4-11-5-7-12(8-6-11)14(19)9-13-15(16)10(2)17-18(13)3/h5-8,14,19H,4,9H2,1-3H3. The summed E-state index contributed by atoms with van der Waals surface area (Å²) in [5.41, 5.74) is 3.84. The largest absolute Gasteiger partial charge is 0.388 e. The summed E-state index contributed by atoms with van der Waals surface area (Å²) in [5.74, 6) is 0. The van der Waals surface area contributed by atoms with Crippen molar-refractivity contribution < 1.29 is 5.11 Å². The summed E-state index contributed by atoms with van der Waals surface area (Å²) in [5, 5.41) is 15.2. The molecule has 4 heteroatoms. The zero-order valence-electron chi connectivity index (χ0n) is 11.5. The second-order valence-electron chi connectivity index (χ2n) is 4.78. The lowest BCUT2D eigenvalue weighted by Crippen LogP contribution is -2.07. The van der Waals surface area contributed by atoms with E-state index < -0.39 is 6.10 Å². The number of benzene rings is 1. The van der Waals surface area contributed by atoms with Gasteiger partial charge in [0.15, 0.2) is 0 Å². The maximum atomic E-state index is 10.3. The number of aromatic nitrogens is 2. The lowest BCUT2D eigenvalue weighted by Gasteiger charge is -2.12. The molecule has 2 rings (SSSR count). The van der Waals surface area contributed by atoms with Crippen molar-refractivity contribution in [2.75, 3.05) is 0 Å². The number of rotatable bonds is 4. The molecule has 1 unspecified atom stereocenters. The summed E-state index contributed by atoms with van der Waals surface area (Å²) in [7, 11) is 1.85. The predicted octanol–water partition coefficient (Wildman–Crippen LogP) is 3.22. The number of aryl methyl sites for hydroxylation is 3. The van der Waals surface area contributed by atoms with Crippen molar-refractivity contribution >= 4 is 11.6 Å². The van der Waals surface area contributed by atoms with E-state index in [-0.39, 0.29) is 0 Å². The van der Waals surface area contributed by atoms with Gasteiger partial charge in [0.25, 0.3) is 0 Å². The maximum Gasteiger partial charge on any atom is 0.0848 e. The van der Waals surface area contributed by atoms with Crippen LogP contribution in [0.4, 0.5) is 0 Å². The van der Waals surface area contributed by atoms with Gasteiger partial charge < -0.3 is 5.11 Å². The quantitative estimate of drug-likeness (QED) is 0.932. The van der Waals surface area contributed by atoms with Crippen LogP contribution >= 0.6 is 11.6 Å². The molecule has 3 nitrogen and oxygen atoms in total. The molecule has 0 bridgehead atoms. The minimum atomic E-state index is -0.557. The van der Waals surface area contributed by atoms with Crippen LogP contribution in [0.25, 0.3) is 0 Å². The van der Waals surface area contributed by atoms with E-state index in [1.54, 1.807) is 4.68 Å². The van der Waals surface area contributed by atoms with E-state index in [2.05, 4.69) is 24.2 Å². The van der Waals surface area contributed by atoms with Crippen LogP contribution in [0.1, 0.15) is 35.5 Å². The Balaban J connectivity index is 2.17. The molecule has 0 fully saturated rings. The van der Waals surface area contributed by atoms with Crippen LogP contribution in [0, 0.1) is 6.92 Å². The third kappa shape index (κ3) is 2.99. The van der Waals surface area contributed by atoms with E-state index in [1.807, 2.05) is 26.1 Å². The average molecular weight is 279 g/mol. The van der Waals surface area contributed by atoms with E-state index in [4.69, 9.17) is 11.6 Å². The van der Waals surface area contributed by atoms with Gasteiger partial charge in [-0.15, -0.1) is 0 Å². The van der Waals surface area contributed by atoms with Crippen molar-refractivity contribution in [3.8, 4) is 0 Å². The molecule has 19 heavy (non-hydrogen) atoms. The van der Waals surface area contributed by atoms with Crippen molar-refractivity contribution in [2.45, 2.75) is 32.8 Å². The molecule has 1 N–H and O–H groups in total. The molecule has 1 atom stereocenters. The summed E-state index contributed by atoms with van der Waals surface area (Å²) in [6, 6.07) is 8.05. The fourth-order valence-electron chi connectivity index (χ4n) is 2.18. The molecule has 1 aromatic heterocycles. The third-order valence-corrected chi connectivity index (χ3v) is 3.91. The van der Waals surface area contributed by atoms with Gasteiger partial charge in [-0.3, -0.25) is 4.68 Å². The fourth-order valence-corrected chi connectivity index (χ4v) is 2.42. The molecule has 0 saturated carbocycles. The Morgan fingerprint density at radius 2 is 1.95 bits per heavy atom. The van der Waals surface area contributed by atoms with Gasteiger partial charge in [-0.1, -0.05) is 42.8 Å². The molecule has 2 aromatic rings. The van der Waals surface area contributed by atoms with Crippen molar-refractivity contribution in [3.63, 3.8) is 0 Å². The highest BCUT2D eigenvalue weighted by Gasteiger charge is 2.16. The van der Waals surface area contributed by atoms with Gasteiger partial charge in [0, 0.05) is 13.5 Å². The van der Waals surface area contributed by atoms with Crippen molar-refractivity contribution in [3.05, 3.63) is 51.8 Å². The smallest absolute Gasteiger partial charge is 0.0848 e. The highest BCUT2D eigenvalue weighted by atomic mass is 35.5. The van der Waals surface area contributed by atoms with Gasteiger partial charge in [0.1, 0.15) is 0 Å². The second kappa shape index (κ2) is 5.76. The lowest BCUT2D eigenvalue weighted by molar-refractivity contribution is 0.176. The molecule has 0 saturated heterocycles. The average Bonchev–Trinajstić information content (AvgIpc) is 2.65. The number of nitrogens with zero attached hydrogens (tertiary/aromatic N) is 2. The Morgan fingerprint density at radius 1 is 1.32 bits per heavy atom. The number of aliphatic hydroxyl groups is 1. The fraction of sp³-hybridized carbons (Fsp3) is 0.400. The number of halogens is 1. The van der Waals surface area contributed by atoms with E-state index in [0.717, 1.165) is 23.4 Å². The van der Waals surface area contributed by atoms with Crippen molar-refractivity contribution in [2.24, 2.45) is 7.05 Å². The Labute approximate surface area is 118 Å². The summed E-state index contributed by atoms with van der Waals surface area (Å²) < 4.78 is 1.74. The van der Waals surface area contributed by atoms with Gasteiger partial charge in [-0.2, -0.15) is 5.10 Å². The zero-order chi connectivity index (χ0) is 14.0. The number of aliphatic hydroxyl groups excluding tert-OH is 1. The normalized spacial score (nSPS) is 12.7. The second-order valence-corrected chi connectivity index (χ2v) is 5.16. The first-order chi connectivity index (χ1) is 9.02. The van der Waals surface area contributed by atoms with E-state index in [0.29, 0.717) is 11.4 Å². The Morgan fingerprint density at radius 3 is 2.42 bits per heavy atom. The van der Waals surface area contributed by atoms with Crippen LogP contribution in [0.3, 0.4) is 0 Å². The van der Waals surface area contributed by atoms with Gasteiger partial charge in [0.2, 0.25) is 0 Å². The van der Waals surface area contributed by atoms with Gasteiger partial charge in [-0.25, -0.2) is 0 Å². The Hall–Kier alpha value is -1.32. The topological polar surface area (TPSA) is 38.1 Å². The van der Waals surface area contributed by atoms with Gasteiger partial charge >= 0.3 is 0 Å². The van der Waals surface area contributed by atoms with Crippen LogP contribution in [0.15, 0.2) is 24.3 Å². The highest BCUT2D eigenvalue weighted by molar-refractivity contribution is 6.31. The SMILES string of the molecule is CCc1ccc(C(O)Cc2c(Cl)c(C)nn2C)cc1. The van der Waals surface area contributed by atoms with E-state index >= 15 is 0 Å². The summed E-state index contributed by atoms with van der Waals surface area (Å²) in [6.45, 7) is 3.98. The molecule has 1 aromatic carbocycles. The monoisotopic (exact) mass is 278 g/mol.